The van der Waals surface area contributed by atoms with Crippen LogP contribution in [-0.2, 0) is 10.5 Å². The number of rotatable bonds is 7. The molecule has 1 amide bonds. The van der Waals surface area contributed by atoms with E-state index in [1.165, 1.54) is 5.56 Å². The summed E-state index contributed by atoms with van der Waals surface area (Å²) in [4.78, 5) is 12.0. The molecule has 4 heteroatoms. The predicted octanol–water partition coefficient (Wildman–Crippen LogP) is 4.94. The van der Waals surface area contributed by atoms with Crippen molar-refractivity contribution in [3.8, 4) is 6.07 Å². The van der Waals surface area contributed by atoms with E-state index in [1.807, 2.05) is 30.3 Å². The van der Waals surface area contributed by atoms with Gasteiger partial charge in [-0.3, -0.25) is 4.79 Å². The summed E-state index contributed by atoms with van der Waals surface area (Å²) in [5, 5.41) is 11.8. The average molecular weight is 338 g/mol. The Balaban J connectivity index is 1.80. The molecule has 0 heterocycles. The van der Waals surface area contributed by atoms with Gasteiger partial charge in [-0.05, 0) is 47.7 Å². The predicted molar refractivity (Wildman–Crippen MR) is 101 cm³/mol. The summed E-state index contributed by atoms with van der Waals surface area (Å²) in [6.07, 6.45) is 1.11. The molecule has 0 aromatic heterocycles. The van der Waals surface area contributed by atoms with E-state index in [4.69, 9.17) is 5.26 Å². The normalized spacial score (nSPS) is 11.5. The average Bonchev–Trinajstić information content (AvgIpc) is 2.62. The first-order valence-electron chi connectivity index (χ1n) is 8.09. The van der Waals surface area contributed by atoms with Gasteiger partial charge in [0.25, 0.3) is 0 Å². The molecule has 0 radical (unpaired) electrons. The quantitative estimate of drug-likeness (QED) is 0.777. The zero-order valence-electron chi connectivity index (χ0n) is 14.1. The van der Waals surface area contributed by atoms with Crippen LogP contribution in [0, 0.1) is 11.3 Å². The zero-order valence-corrected chi connectivity index (χ0v) is 14.9. The van der Waals surface area contributed by atoms with Crippen LogP contribution in [0.3, 0.4) is 0 Å². The molecule has 0 aliphatic heterocycles. The summed E-state index contributed by atoms with van der Waals surface area (Å²) in [5.74, 6) is 1.64. The second kappa shape index (κ2) is 9.14. The number of carbonyl (C=O) groups excluding carboxylic acids is 1. The Bertz CT molecular complexity index is 719. The molecule has 0 saturated heterocycles. The van der Waals surface area contributed by atoms with E-state index in [2.05, 4.69) is 37.4 Å². The Morgan fingerprint density at radius 2 is 2.00 bits per heavy atom. The van der Waals surface area contributed by atoms with Crippen LogP contribution in [0.4, 0.5) is 5.69 Å². The highest BCUT2D eigenvalue weighted by Gasteiger charge is 2.06. The lowest BCUT2D eigenvalue weighted by atomic mass is 9.99. The standard InChI is InChI=1S/C20H22N2OS/c1-3-15(2)18-7-9-19(10-8-18)22-20(23)14-24-13-17-6-4-5-16(11-17)12-21/h4-11,15H,3,13-14H2,1-2H3,(H,22,23)/t15-/m1/s1. The minimum atomic E-state index is -0.00673. The van der Waals surface area contributed by atoms with Crippen molar-refractivity contribution in [1.82, 2.24) is 0 Å². The molecular weight excluding hydrogens is 316 g/mol. The van der Waals surface area contributed by atoms with Crippen LogP contribution >= 0.6 is 11.8 Å². The van der Waals surface area contributed by atoms with Crippen molar-refractivity contribution < 1.29 is 4.79 Å². The van der Waals surface area contributed by atoms with Gasteiger partial charge >= 0.3 is 0 Å². The largest absolute Gasteiger partial charge is 0.325 e. The van der Waals surface area contributed by atoms with Crippen molar-refractivity contribution in [1.29, 1.82) is 5.26 Å². The van der Waals surface area contributed by atoms with Gasteiger partial charge in [0.05, 0.1) is 17.4 Å². The third kappa shape index (κ3) is 5.43. The first-order chi connectivity index (χ1) is 11.6. The summed E-state index contributed by atoms with van der Waals surface area (Å²) < 4.78 is 0. The van der Waals surface area contributed by atoms with E-state index in [9.17, 15) is 4.79 Å². The van der Waals surface area contributed by atoms with Gasteiger partial charge in [-0.25, -0.2) is 0 Å². The highest BCUT2D eigenvalue weighted by atomic mass is 32.2. The van der Waals surface area contributed by atoms with Crippen LogP contribution in [0.1, 0.15) is 42.9 Å². The van der Waals surface area contributed by atoms with E-state index in [-0.39, 0.29) is 5.91 Å². The maximum atomic E-state index is 12.0. The van der Waals surface area contributed by atoms with Gasteiger partial charge in [0, 0.05) is 11.4 Å². The maximum Gasteiger partial charge on any atom is 0.234 e. The van der Waals surface area contributed by atoms with Gasteiger partial charge in [-0.2, -0.15) is 5.26 Å². The molecule has 2 aromatic carbocycles. The Hall–Kier alpha value is -2.25. The van der Waals surface area contributed by atoms with Crippen LogP contribution in [0.5, 0.6) is 0 Å². The molecule has 0 bridgehead atoms. The van der Waals surface area contributed by atoms with E-state index in [0.717, 1.165) is 23.4 Å². The summed E-state index contributed by atoms with van der Waals surface area (Å²) in [6.45, 7) is 4.37. The SMILES string of the molecule is CC[C@@H](C)c1ccc(NC(=O)CSCc2cccc(C#N)c2)cc1. The van der Waals surface area contributed by atoms with Gasteiger partial charge in [-0.1, -0.05) is 38.1 Å². The number of nitriles is 1. The molecule has 0 saturated carbocycles. The molecule has 0 spiro atoms. The van der Waals surface area contributed by atoms with Gasteiger partial charge < -0.3 is 5.32 Å². The monoisotopic (exact) mass is 338 g/mol. The van der Waals surface area contributed by atoms with Crippen molar-refractivity contribution in [2.24, 2.45) is 0 Å². The van der Waals surface area contributed by atoms with Crippen molar-refractivity contribution in [2.45, 2.75) is 31.9 Å². The minimum Gasteiger partial charge on any atom is -0.325 e. The topological polar surface area (TPSA) is 52.9 Å². The van der Waals surface area contributed by atoms with E-state index < -0.39 is 0 Å². The van der Waals surface area contributed by atoms with Gasteiger partial charge in [0.1, 0.15) is 0 Å². The number of carbonyl (C=O) groups is 1. The number of nitrogens with one attached hydrogen (secondary N) is 1. The maximum absolute atomic E-state index is 12.0. The Kier molecular flexibility index (Phi) is 6.89. The molecule has 1 atom stereocenters. The number of anilines is 1. The fraction of sp³-hybridized carbons (Fsp3) is 0.300. The molecule has 0 aliphatic rings. The van der Waals surface area contributed by atoms with Gasteiger partial charge in [0.15, 0.2) is 0 Å². The van der Waals surface area contributed by atoms with Crippen LogP contribution in [-0.4, -0.2) is 11.7 Å². The second-order valence-electron chi connectivity index (χ2n) is 5.78. The second-order valence-corrected chi connectivity index (χ2v) is 6.77. The number of thioether (sulfide) groups is 1. The van der Waals surface area contributed by atoms with Crippen LogP contribution in [0.25, 0.3) is 0 Å². The van der Waals surface area contributed by atoms with Crippen LogP contribution < -0.4 is 5.32 Å². The molecule has 0 unspecified atom stereocenters. The molecule has 124 valence electrons. The summed E-state index contributed by atoms with van der Waals surface area (Å²) >= 11 is 1.54. The third-order valence-corrected chi connectivity index (χ3v) is 4.94. The molecule has 2 aromatic rings. The molecule has 24 heavy (non-hydrogen) atoms. The van der Waals surface area contributed by atoms with E-state index >= 15 is 0 Å². The van der Waals surface area contributed by atoms with Crippen molar-refractivity contribution in [3.63, 3.8) is 0 Å². The zero-order chi connectivity index (χ0) is 17.4. The lowest BCUT2D eigenvalue weighted by Crippen LogP contribution is -2.14. The highest BCUT2D eigenvalue weighted by Crippen LogP contribution is 2.21. The summed E-state index contributed by atoms with van der Waals surface area (Å²) in [5.41, 5.74) is 3.84. The fourth-order valence-electron chi connectivity index (χ4n) is 2.32. The Morgan fingerprint density at radius 1 is 1.25 bits per heavy atom. The van der Waals surface area contributed by atoms with Crippen molar-refractivity contribution in [2.75, 3.05) is 11.1 Å². The van der Waals surface area contributed by atoms with Crippen LogP contribution in [0.2, 0.25) is 0 Å². The molecular formula is C20H22N2OS. The summed E-state index contributed by atoms with van der Waals surface area (Å²) in [6, 6.07) is 17.7. The fourth-order valence-corrected chi connectivity index (χ4v) is 3.09. The van der Waals surface area contributed by atoms with Crippen LogP contribution in [0.15, 0.2) is 48.5 Å². The number of hydrogen-bond donors (Lipinski definition) is 1. The molecule has 2 rings (SSSR count). The number of benzene rings is 2. The number of nitrogens with zero attached hydrogens (tertiary/aromatic N) is 1. The minimum absolute atomic E-state index is 0.00673. The lowest BCUT2D eigenvalue weighted by Gasteiger charge is -2.10. The molecule has 1 N–H and O–H groups in total. The third-order valence-electron chi connectivity index (χ3n) is 3.93. The number of amides is 1. The summed E-state index contributed by atoms with van der Waals surface area (Å²) in [7, 11) is 0. The first kappa shape index (κ1) is 18.1. The van der Waals surface area contributed by atoms with Gasteiger partial charge in [0.2, 0.25) is 5.91 Å². The Morgan fingerprint density at radius 3 is 2.67 bits per heavy atom. The molecule has 3 nitrogen and oxygen atoms in total. The lowest BCUT2D eigenvalue weighted by molar-refractivity contribution is -0.113. The number of hydrogen-bond acceptors (Lipinski definition) is 3. The van der Waals surface area contributed by atoms with Crippen molar-refractivity contribution >= 4 is 23.4 Å². The highest BCUT2D eigenvalue weighted by molar-refractivity contribution is 7.99. The first-order valence-corrected chi connectivity index (χ1v) is 9.24. The smallest absolute Gasteiger partial charge is 0.234 e. The van der Waals surface area contributed by atoms with E-state index in [1.54, 1.807) is 17.8 Å². The van der Waals surface area contributed by atoms with Gasteiger partial charge in [-0.15, -0.1) is 11.8 Å². The Labute approximate surface area is 148 Å². The van der Waals surface area contributed by atoms with E-state index in [0.29, 0.717) is 17.2 Å². The van der Waals surface area contributed by atoms with Crippen molar-refractivity contribution in [3.05, 3.63) is 65.2 Å². The molecule has 0 aliphatic carbocycles. The molecule has 0 fully saturated rings.